The van der Waals surface area contributed by atoms with E-state index in [1.54, 1.807) is 24.3 Å². The van der Waals surface area contributed by atoms with Crippen molar-refractivity contribution < 1.29 is 28.8 Å². The lowest BCUT2D eigenvalue weighted by atomic mass is 9.89. The quantitative estimate of drug-likeness (QED) is 0.313. The van der Waals surface area contributed by atoms with Gasteiger partial charge in [-0.25, -0.2) is 4.79 Å². The van der Waals surface area contributed by atoms with Gasteiger partial charge in [0.05, 0.1) is 5.92 Å². The predicted molar refractivity (Wildman–Crippen MR) is 107 cm³/mol. The second kappa shape index (κ2) is 12.2. The Hall–Kier alpha value is -1.40. The van der Waals surface area contributed by atoms with E-state index in [0.717, 1.165) is 31.2 Å². The second-order valence-electron chi connectivity index (χ2n) is 6.82. The summed E-state index contributed by atoms with van der Waals surface area (Å²) in [4.78, 5) is 42.4. The van der Waals surface area contributed by atoms with Gasteiger partial charge in [-0.05, 0) is 30.5 Å². The molecule has 3 N–H and O–H groups in total. The highest BCUT2D eigenvalue weighted by Gasteiger charge is 2.22. The van der Waals surface area contributed by atoms with Gasteiger partial charge in [0.25, 0.3) is 0 Å². The van der Waals surface area contributed by atoms with Crippen LogP contribution in [0.3, 0.4) is 0 Å². The van der Waals surface area contributed by atoms with Crippen LogP contribution in [0, 0.1) is 5.92 Å². The maximum atomic E-state index is 11.9. The number of carbonyl (C=O) groups excluding carboxylic acids is 2. The molecule has 0 unspecified atom stereocenters. The highest BCUT2D eigenvalue weighted by molar-refractivity contribution is 7.45. The molecule has 9 heteroatoms. The molecule has 28 heavy (non-hydrogen) atoms. The van der Waals surface area contributed by atoms with Crippen LogP contribution in [-0.2, 0) is 14.3 Å². The SMILES string of the molecule is O=C(NC[C@@H](CP(O)O)c1ccc(Cl)cc1)OCCOC(=O)C1CCCCC1. The Balaban J connectivity index is 1.68. The van der Waals surface area contributed by atoms with Gasteiger partial charge in [-0.1, -0.05) is 43.0 Å². The molecule has 1 aliphatic carbocycles. The minimum absolute atomic E-state index is 0.0252. The molecule has 0 radical (unpaired) electrons. The van der Waals surface area contributed by atoms with Gasteiger partial charge >= 0.3 is 12.1 Å². The molecule has 0 heterocycles. The molecule has 1 aromatic rings. The highest BCUT2D eigenvalue weighted by Crippen LogP contribution is 2.32. The number of hydrogen-bond acceptors (Lipinski definition) is 6. The molecule has 0 aliphatic heterocycles. The Labute approximate surface area is 171 Å². The Kier molecular flexibility index (Phi) is 9.99. The van der Waals surface area contributed by atoms with E-state index < -0.39 is 14.5 Å². The van der Waals surface area contributed by atoms with Crippen LogP contribution in [0.5, 0.6) is 0 Å². The first-order valence-corrected chi connectivity index (χ1v) is 11.2. The van der Waals surface area contributed by atoms with E-state index in [2.05, 4.69) is 5.32 Å². The van der Waals surface area contributed by atoms with Crippen LogP contribution in [0.4, 0.5) is 4.79 Å². The summed E-state index contributed by atoms with van der Waals surface area (Å²) >= 11 is 5.87. The molecule has 0 bridgehead atoms. The van der Waals surface area contributed by atoms with Crippen molar-refractivity contribution in [2.45, 2.75) is 38.0 Å². The number of carbonyl (C=O) groups is 2. The van der Waals surface area contributed by atoms with Crippen molar-refractivity contribution in [3.63, 3.8) is 0 Å². The average Bonchev–Trinajstić information content (AvgIpc) is 2.69. The molecule has 1 atom stereocenters. The average molecular weight is 432 g/mol. The van der Waals surface area contributed by atoms with Crippen molar-refractivity contribution in [2.24, 2.45) is 5.92 Å². The minimum Gasteiger partial charge on any atom is -0.462 e. The Morgan fingerprint density at radius 3 is 2.39 bits per heavy atom. The van der Waals surface area contributed by atoms with Crippen LogP contribution in [0.2, 0.25) is 5.02 Å². The number of hydrogen-bond donors (Lipinski definition) is 3. The molecule has 1 amide bonds. The van der Waals surface area contributed by atoms with Crippen molar-refractivity contribution >= 4 is 32.0 Å². The minimum atomic E-state index is -2.11. The van der Waals surface area contributed by atoms with Gasteiger partial charge in [0, 0.05) is 23.6 Å². The normalized spacial score (nSPS) is 15.9. The zero-order chi connectivity index (χ0) is 20.4. The van der Waals surface area contributed by atoms with Crippen molar-refractivity contribution in [1.82, 2.24) is 5.32 Å². The van der Waals surface area contributed by atoms with E-state index in [1.165, 1.54) is 6.42 Å². The molecule has 0 saturated heterocycles. The van der Waals surface area contributed by atoms with Crippen molar-refractivity contribution in [1.29, 1.82) is 0 Å². The fourth-order valence-electron chi connectivity index (χ4n) is 3.21. The summed E-state index contributed by atoms with van der Waals surface area (Å²) in [5.41, 5.74) is 0.835. The Morgan fingerprint density at radius 2 is 1.75 bits per heavy atom. The van der Waals surface area contributed by atoms with Crippen molar-refractivity contribution in [2.75, 3.05) is 25.9 Å². The third kappa shape index (κ3) is 8.31. The number of benzene rings is 1. The van der Waals surface area contributed by atoms with Crippen LogP contribution >= 0.6 is 20.0 Å². The topological polar surface area (TPSA) is 105 Å². The van der Waals surface area contributed by atoms with Gasteiger partial charge in [-0.2, -0.15) is 0 Å². The fourth-order valence-corrected chi connectivity index (χ4v) is 4.07. The zero-order valence-corrected chi connectivity index (χ0v) is 17.3. The van der Waals surface area contributed by atoms with Gasteiger partial charge in [0.2, 0.25) is 0 Å². The molecular weight excluding hydrogens is 405 g/mol. The number of alkyl carbamates (subject to hydrolysis) is 1. The molecule has 0 aromatic heterocycles. The lowest BCUT2D eigenvalue weighted by Crippen LogP contribution is -2.31. The summed E-state index contributed by atoms with van der Waals surface area (Å²) in [6, 6.07) is 6.98. The van der Waals surface area contributed by atoms with Gasteiger partial charge in [-0.15, -0.1) is 0 Å². The second-order valence-corrected chi connectivity index (χ2v) is 8.37. The van der Waals surface area contributed by atoms with E-state index in [0.29, 0.717) is 5.02 Å². The first-order valence-electron chi connectivity index (χ1n) is 9.43. The molecule has 1 aliphatic rings. The Bertz CT molecular complexity index is 621. The summed E-state index contributed by atoms with van der Waals surface area (Å²) in [5.74, 6) is -0.532. The first kappa shape index (κ1) is 22.9. The van der Waals surface area contributed by atoms with Gasteiger partial charge in [-0.3, -0.25) is 4.79 Å². The number of ether oxygens (including phenoxy) is 2. The predicted octanol–water partition coefficient (Wildman–Crippen LogP) is 3.57. The molecule has 1 fully saturated rings. The highest BCUT2D eigenvalue weighted by atomic mass is 35.5. The number of esters is 1. The number of amides is 1. The summed E-state index contributed by atoms with van der Waals surface area (Å²) in [6.45, 7) is 0.187. The van der Waals surface area contributed by atoms with Crippen LogP contribution in [-0.4, -0.2) is 47.8 Å². The van der Waals surface area contributed by atoms with Crippen LogP contribution in [0.15, 0.2) is 24.3 Å². The van der Waals surface area contributed by atoms with E-state index in [-0.39, 0.29) is 43.7 Å². The van der Waals surface area contributed by atoms with E-state index >= 15 is 0 Å². The summed E-state index contributed by atoms with van der Waals surface area (Å²) in [6.07, 6.45) is 4.48. The van der Waals surface area contributed by atoms with E-state index in [4.69, 9.17) is 21.1 Å². The number of rotatable bonds is 9. The molecular formula is C19H27ClNO6P. The number of halogens is 1. The zero-order valence-electron chi connectivity index (χ0n) is 15.7. The van der Waals surface area contributed by atoms with Crippen LogP contribution < -0.4 is 5.32 Å². The van der Waals surface area contributed by atoms with E-state index in [9.17, 15) is 19.4 Å². The molecule has 0 spiro atoms. The van der Waals surface area contributed by atoms with Crippen LogP contribution in [0.1, 0.15) is 43.6 Å². The lowest BCUT2D eigenvalue weighted by molar-refractivity contribution is -0.150. The standard InChI is InChI=1S/C19H27ClNO6P/c20-17-8-6-14(7-9-17)16(13-28(24)25)12-21-19(23)27-11-10-26-18(22)15-4-2-1-3-5-15/h6-9,15-16,24-25H,1-5,10-13H2,(H,21,23)/t16-/m0/s1. The molecule has 2 rings (SSSR count). The van der Waals surface area contributed by atoms with Crippen molar-refractivity contribution in [3.05, 3.63) is 34.9 Å². The largest absolute Gasteiger partial charge is 0.462 e. The smallest absolute Gasteiger partial charge is 0.407 e. The Morgan fingerprint density at radius 1 is 1.11 bits per heavy atom. The molecule has 7 nitrogen and oxygen atoms in total. The summed E-state index contributed by atoms with van der Waals surface area (Å²) in [7, 11) is -2.11. The third-order valence-corrected chi connectivity index (χ3v) is 5.74. The van der Waals surface area contributed by atoms with Gasteiger partial charge in [0.15, 0.2) is 8.38 Å². The fraction of sp³-hybridized carbons (Fsp3) is 0.579. The lowest BCUT2D eigenvalue weighted by Gasteiger charge is -2.20. The maximum Gasteiger partial charge on any atom is 0.407 e. The molecule has 1 aromatic carbocycles. The van der Waals surface area contributed by atoms with Gasteiger partial charge < -0.3 is 24.6 Å². The van der Waals surface area contributed by atoms with Crippen LogP contribution in [0.25, 0.3) is 0 Å². The number of nitrogens with one attached hydrogen (secondary N) is 1. The molecule has 1 saturated carbocycles. The summed E-state index contributed by atoms with van der Waals surface area (Å²) in [5, 5.41) is 3.18. The third-order valence-electron chi connectivity index (χ3n) is 4.72. The van der Waals surface area contributed by atoms with Crippen molar-refractivity contribution in [3.8, 4) is 0 Å². The van der Waals surface area contributed by atoms with Gasteiger partial charge in [0.1, 0.15) is 13.2 Å². The summed E-state index contributed by atoms with van der Waals surface area (Å²) < 4.78 is 10.2. The maximum absolute atomic E-state index is 11.9. The monoisotopic (exact) mass is 431 g/mol. The van der Waals surface area contributed by atoms with E-state index in [1.807, 2.05) is 0 Å². The molecule has 156 valence electrons. The first-order chi connectivity index (χ1) is 13.5.